The SMILES string of the molecule is CN(C)CCNC(=O)c1ccc2c(c1)C(=CNc1ccc(C(=O)Nc3ccccc3N)cc1)C(=O)N2. The number of benzene rings is 3. The van der Waals surface area contributed by atoms with Gasteiger partial charge in [-0.1, -0.05) is 12.1 Å². The first-order valence-electron chi connectivity index (χ1n) is 11.4. The highest BCUT2D eigenvalue weighted by molar-refractivity contribution is 6.32. The number of hydrogen-bond donors (Lipinski definition) is 5. The van der Waals surface area contributed by atoms with Gasteiger partial charge >= 0.3 is 0 Å². The van der Waals surface area contributed by atoms with Crippen molar-refractivity contribution in [3.05, 3.63) is 89.6 Å². The van der Waals surface area contributed by atoms with E-state index in [0.29, 0.717) is 51.6 Å². The summed E-state index contributed by atoms with van der Waals surface area (Å²) in [6.45, 7) is 1.25. The van der Waals surface area contributed by atoms with Gasteiger partial charge in [0, 0.05) is 47.4 Å². The Bertz CT molecular complexity index is 1330. The molecule has 0 unspecified atom stereocenters. The van der Waals surface area contributed by atoms with E-state index in [9.17, 15) is 14.4 Å². The maximum Gasteiger partial charge on any atom is 0.257 e. The number of likely N-dealkylation sites (N-methyl/N-ethyl adjacent to an activating group) is 1. The summed E-state index contributed by atoms with van der Waals surface area (Å²) >= 11 is 0. The van der Waals surface area contributed by atoms with Crippen LogP contribution in [0.4, 0.5) is 22.7 Å². The molecule has 0 aliphatic carbocycles. The van der Waals surface area contributed by atoms with Crippen molar-refractivity contribution in [2.75, 3.05) is 48.9 Å². The monoisotopic (exact) mass is 484 g/mol. The summed E-state index contributed by atoms with van der Waals surface area (Å²) in [6.07, 6.45) is 1.59. The lowest BCUT2D eigenvalue weighted by Crippen LogP contribution is -2.31. The lowest BCUT2D eigenvalue weighted by Gasteiger charge is -2.11. The number of carbonyl (C=O) groups excluding carboxylic acids is 3. The molecule has 36 heavy (non-hydrogen) atoms. The minimum atomic E-state index is -0.279. The number of nitrogens with one attached hydrogen (secondary N) is 4. The van der Waals surface area contributed by atoms with Crippen LogP contribution in [0.3, 0.4) is 0 Å². The Morgan fingerprint density at radius 1 is 0.972 bits per heavy atom. The predicted octanol–water partition coefficient (Wildman–Crippen LogP) is 3.22. The maximum atomic E-state index is 12.5. The van der Waals surface area contributed by atoms with Gasteiger partial charge in [-0.05, 0) is 68.7 Å². The van der Waals surface area contributed by atoms with Crippen molar-refractivity contribution in [2.24, 2.45) is 0 Å². The molecule has 9 nitrogen and oxygen atoms in total. The van der Waals surface area contributed by atoms with Gasteiger partial charge in [-0.25, -0.2) is 0 Å². The van der Waals surface area contributed by atoms with E-state index in [4.69, 9.17) is 5.73 Å². The van der Waals surface area contributed by atoms with Gasteiger partial charge < -0.3 is 31.9 Å². The molecule has 0 aromatic heterocycles. The molecule has 9 heteroatoms. The number of fused-ring (bicyclic) bond motifs is 1. The second-order valence-corrected chi connectivity index (χ2v) is 8.59. The number of hydrogen-bond acceptors (Lipinski definition) is 6. The molecule has 184 valence electrons. The van der Waals surface area contributed by atoms with Crippen LogP contribution in [-0.2, 0) is 4.79 Å². The summed E-state index contributed by atoms with van der Waals surface area (Å²) in [7, 11) is 3.87. The van der Waals surface area contributed by atoms with Crippen LogP contribution < -0.4 is 27.0 Å². The Kier molecular flexibility index (Phi) is 7.31. The molecule has 1 aliphatic rings. The number of rotatable bonds is 8. The molecule has 6 N–H and O–H groups in total. The Hall–Kier alpha value is -4.63. The molecule has 0 spiro atoms. The molecule has 0 saturated carbocycles. The van der Waals surface area contributed by atoms with Gasteiger partial charge in [-0.15, -0.1) is 0 Å². The summed E-state index contributed by atoms with van der Waals surface area (Å²) in [5.41, 5.74) is 10.2. The predicted molar refractivity (Wildman–Crippen MR) is 143 cm³/mol. The smallest absolute Gasteiger partial charge is 0.257 e. The largest absolute Gasteiger partial charge is 0.397 e. The van der Waals surface area contributed by atoms with E-state index >= 15 is 0 Å². The Labute approximate surface area is 209 Å². The van der Waals surface area contributed by atoms with E-state index < -0.39 is 0 Å². The first kappa shape index (κ1) is 24.5. The second-order valence-electron chi connectivity index (χ2n) is 8.59. The highest BCUT2D eigenvalue weighted by Crippen LogP contribution is 2.32. The molecule has 3 amide bonds. The zero-order valence-corrected chi connectivity index (χ0v) is 20.1. The van der Waals surface area contributed by atoms with E-state index in [2.05, 4.69) is 21.3 Å². The number of nitrogen functional groups attached to an aromatic ring is 1. The average molecular weight is 485 g/mol. The van der Waals surface area contributed by atoms with Crippen LogP contribution in [0, 0.1) is 0 Å². The third kappa shape index (κ3) is 5.70. The van der Waals surface area contributed by atoms with Crippen LogP contribution in [0.2, 0.25) is 0 Å². The molecule has 0 saturated heterocycles. The highest BCUT2D eigenvalue weighted by atomic mass is 16.2. The van der Waals surface area contributed by atoms with Crippen LogP contribution in [0.5, 0.6) is 0 Å². The van der Waals surface area contributed by atoms with Crippen molar-refractivity contribution >= 4 is 46.0 Å². The van der Waals surface area contributed by atoms with Gasteiger partial charge in [0.25, 0.3) is 17.7 Å². The second kappa shape index (κ2) is 10.7. The van der Waals surface area contributed by atoms with Crippen molar-refractivity contribution in [3.8, 4) is 0 Å². The molecule has 0 bridgehead atoms. The van der Waals surface area contributed by atoms with Crippen molar-refractivity contribution in [2.45, 2.75) is 0 Å². The number of amides is 3. The van der Waals surface area contributed by atoms with Crippen LogP contribution >= 0.6 is 0 Å². The van der Waals surface area contributed by atoms with Crippen molar-refractivity contribution in [3.63, 3.8) is 0 Å². The van der Waals surface area contributed by atoms with E-state index in [0.717, 1.165) is 6.54 Å². The number of anilines is 4. The zero-order valence-electron chi connectivity index (χ0n) is 20.1. The van der Waals surface area contributed by atoms with Crippen molar-refractivity contribution in [1.29, 1.82) is 0 Å². The van der Waals surface area contributed by atoms with Gasteiger partial charge in [-0.3, -0.25) is 14.4 Å². The average Bonchev–Trinajstić information content (AvgIpc) is 3.18. The van der Waals surface area contributed by atoms with E-state index in [1.54, 1.807) is 72.9 Å². The molecular formula is C27H28N6O3. The third-order valence-electron chi connectivity index (χ3n) is 5.65. The molecule has 0 radical (unpaired) electrons. The summed E-state index contributed by atoms with van der Waals surface area (Å²) < 4.78 is 0. The first-order valence-corrected chi connectivity index (χ1v) is 11.4. The lowest BCUT2D eigenvalue weighted by atomic mass is 10.0. The molecule has 0 fully saturated rings. The van der Waals surface area contributed by atoms with Gasteiger partial charge in [0.2, 0.25) is 0 Å². The standard InChI is InChI=1S/C27H28N6O3/c1-33(2)14-13-29-25(34)18-9-12-23-20(15-18)21(27(36)31-23)16-30-19-10-7-17(8-11-19)26(35)32-24-6-4-3-5-22(24)28/h3-12,15-16,30H,13-14,28H2,1-2H3,(H,29,34)(H,31,36)(H,32,35). The fraction of sp³-hybridized carbons (Fsp3) is 0.148. The summed E-state index contributed by atoms with van der Waals surface area (Å²) in [6, 6.07) is 19.0. The van der Waals surface area contributed by atoms with Crippen LogP contribution in [0.15, 0.2) is 72.9 Å². The third-order valence-corrected chi connectivity index (χ3v) is 5.65. The van der Waals surface area contributed by atoms with Crippen LogP contribution in [0.1, 0.15) is 26.3 Å². The van der Waals surface area contributed by atoms with Crippen LogP contribution in [-0.4, -0.2) is 49.8 Å². The van der Waals surface area contributed by atoms with Gasteiger partial charge in [-0.2, -0.15) is 0 Å². The quantitative estimate of drug-likeness (QED) is 0.247. The Balaban J connectivity index is 1.44. The zero-order chi connectivity index (χ0) is 25.7. The minimum absolute atomic E-state index is 0.197. The molecule has 4 rings (SSSR count). The number of carbonyl (C=O) groups is 3. The summed E-state index contributed by atoms with van der Waals surface area (Å²) in [5, 5.41) is 11.6. The van der Waals surface area contributed by atoms with Gasteiger partial charge in [0.15, 0.2) is 0 Å². The fourth-order valence-corrected chi connectivity index (χ4v) is 3.65. The number of nitrogens with zero attached hydrogens (tertiary/aromatic N) is 1. The molecule has 0 atom stereocenters. The van der Waals surface area contributed by atoms with Gasteiger partial charge in [0.05, 0.1) is 16.9 Å². The highest BCUT2D eigenvalue weighted by Gasteiger charge is 2.25. The first-order chi connectivity index (χ1) is 17.3. The Morgan fingerprint density at radius 2 is 1.69 bits per heavy atom. The Morgan fingerprint density at radius 3 is 2.42 bits per heavy atom. The summed E-state index contributed by atoms with van der Waals surface area (Å²) in [4.78, 5) is 39.5. The maximum absolute atomic E-state index is 12.5. The van der Waals surface area contributed by atoms with Crippen molar-refractivity contribution in [1.82, 2.24) is 10.2 Å². The fourth-order valence-electron chi connectivity index (χ4n) is 3.65. The molecular weight excluding hydrogens is 456 g/mol. The topological polar surface area (TPSA) is 129 Å². The molecule has 1 heterocycles. The van der Waals surface area contributed by atoms with E-state index in [-0.39, 0.29) is 17.7 Å². The van der Waals surface area contributed by atoms with E-state index in [1.807, 2.05) is 19.0 Å². The normalized spacial score (nSPS) is 13.3. The van der Waals surface area contributed by atoms with Crippen molar-refractivity contribution < 1.29 is 14.4 Å². The van der Waals surface area contributed by atoms with Gasteiger partial charge in [0.1, 0.15) is 0 Å². The number of nitrogens with two attached hydrogens (primary N) is 1. The minimum Gasteiger partial charge on any atom is -0.397 e. The summed E-state index contributed by atoms with van der Waals surface area (Å²) in [5.74, 6) is -0.741. The van der Waals surface area contributed by atoms with E-state index in [1.165, 1.54) is 0 Å². The van der Waals surface area contributed by atoms with Crippen LogP contribution in [0.25, 0.3) is 5.57 Å². The lowest BCUT2D eigenvalue weighted by molar-refractivity contribution is -0.110. The molecule has 1 aliphatic heterocycles. The number of para-hydroxylation sites is 2. The molecule has 3 aromatic rings. The molecule has 3 aromatic carbocycles.